The molecule has 4 rings (SSSR count). The third-order valence-corrected chi connectivity index (χ3v) is 5.97. The van der Waals surface area contributed by atoms with E-state index in [0.29, 0.717) is 23.9 Å². The Morgan fingerprint density at radius 3 is 2.48 bits per heavy atom. The van der Waals surface area contributed by atoms with Crippen LogP contribution in [0.4, 0.5) is 0 Å². The van der Waals surface area contributed by atoms with Gasteiger partial charge < -0.3 is 9.73 Å². The van der Waals surface area contributed by atoms with Gasteiger partial charge in [0.25, 0.3) is 4.84 Å². The standard InChI is InChI=1S/C24H28N4O2S/c1-17-12-18(2)14-21(13-17)23-26-28(24(31)30-23)16-27-10-8-20(9-11-27)22(29)25-15-19-6-4-3-5-7-19/h3-7,12-14,20H,8-11,15-16H2,1-2H3,(H,25,29). The molecule has 0 radical (unpaired) electrons. The molecule has 3 aromatic rings. The summed E-state index contributed by atoms with van der Waals surface area (Å²) in [6.07, 6.45) is 1.66. The fourth-order valence-corrected chi connectivity index (χ4v) is 4.24. The Morgan fingerprint density at radius 2 is 1.81 bits per heavy atom. The fraction of sp³-hybridized carbons (Fsp3) is 0.375. The number of aryl methyl sites for hydroxylation is 2. The number of rotatable bonds is 6. The molecule has 1 aliphatic heterocycles. The van der Waals surface area contributed by atoms with Crippen LogP contribution >= 0.6 is 12.2 Å². The van der Waals surface area contributed by atoms with Gasteiger partial charge in [0, 0.05) is 31.1 Å². The summed E-state index contributed by atoms with van der Waals surface area (Å²) in [5.41, 5.74) is 4.39. The van der Waals surface area contributed by atoms with Crippen molar-refractivity contribution in [2.45, 2.75) is 39.9 Å². The minimum atomic E-state index is 0.0519. The Hall–Kier alpha value is -2.77. The van der Waals surface area contributed by atoms with E-state index in [1.165, 1.54) is 11.1 Å². The number of aromatic nitrogens is 2. The Morgan fingerprint density at radius 1 is 1.13 bits per heavy atom. The first-order chi connectivity index (χ1) is 15.0. The number of nitrogens with one attached hydrogen (secondary N) is 1. The normalized spacial score (nSPS) is 15.2. The maximum Gasteiger partial charge on any atom is 0.288 e. The van der Waals surface area contributed by atoms with Gasteiger partial charge in [0.05, 0.1) is 6.67 Å². The van der Waals surface area contributed by atoms with E-state index in [9.17, 15) is 4.79 Å². The van der Waals surface area contributed by atoms with E-state index in [1.807, 2.05) is 30.3 Å². The minimum Gasteiger partial charge on any atom is -0.409 e. The van der Waals surface area contributed by atoms with Crippen molar-refractivity contribution in [3.05, 3.63) is 70.1 Å². The van der Waals surface area contributed by atoms with E-state index in [1.54, 1.807) is 4.68 Å². The number of amides is 1. The second kappa shape index (κ2) is 9.58. The van der Waals surface area contributed by atoms with Crippen LogP contribution in [0.5, 0.6) is 0 Å². The molecule has 162 valence electrons. The van der Waals surface area contributed by atoms with Crippen molar-refractivity contribution in [3.8, 4) is 11.5 Å². The van der Waals surface area contributed by atoms with Gasteiger partial charge in [-0.25, -0.2) is 4.68 Å². The highest BCUT2D eigenvalue weighted by molar-refractivity contribution is 7.71. The van der Waals surface area contributed by atoms with E-state index in [0.717, 1.165) is 37.1 Å². The molecule has 0 atom stereocenters. The highest BCUT2D eigenvalue weighted by Gasteiger charge is 2.25. The van der Waals surface area contributed by atoms with Crippen LogP contribution in [0.3, 0.4) is 0 Å². The maximum absolute atomic E-state index is 12.5. The summed E-state index contributed by atoms with van der Waals surface area (Å²) in [5, 5.41) is 7.66. The molecule has 2 heterocycles. The fourth-order valence-electron chi connectivity index (χ4n) is 4.07. The summed E-state index contributed by atoms with van der Waals surface area (Å²) < 4.78 is 7.50. The summed E-state index contributed by atoms with van der Waals surface area (Å²) in [4.78, 5) is 15.2. The summed E-state index contributed by atoms with van der Waals surface area (Å²) in [7, 11) is 0. The Bertz CT molecular complexity index is 1080. The molecule has 1 amide bonds. The van der Waals surface area contributed by atoms with Gasteiger partial charge >= 0.3 is 0 Å². The third-order valence-electron chi connectivity index (χ3n) is 5.68. The van der Waals surface area contributed by atoms with E-state index in [4.69, 9.17) is 16.6 Å². The summed E-state index contributed by atoms with van der Waals surface area (Å²) in [5.74, 6) is 0.738. The van der Waals surface area contributed by atoms with Gasteiger partial charge in [0.1, 0.15) is 0 Å². The van der Waals surface area contributed by atoms with Crippen molar-refractivity contribution in [3.63, 3.8) is 0 Å². The number of carbonyl (C=O) groups is 1. The van der Waals surface area contributed by atoms with Crippen LogP contribution < -0.4 is 5.32 Å². The quantitative estimate of drug-likeness (QED) is 0.578. The second-order valence-electron chi connectivity index (χ2n) is 8.29. The van der Waals surface area contributed by atoms with E-state index >= 15 is 0 Å². The molecule has 1 saturated heterocycles. The highest BCUT2D eigenvalue weighted by atomic mass is 32.1. The van der Waals surface area contributed by atoms with Crippen LogP contribution in [-0.4, -0.2) is 33.7 Å². The molecule has 1 aliphatic rings. The molecular weight excluding hydrogens is 408 g/mol. The average Bonchev–Trinajstić information content (AvgIpc) is 3.13. The predicted molar refractivity (Wildman–Crippen MR) is 123 cm³/mol. The van der Waals surface area contributed by atoms with E-state index in [-0.39, 0.29) is 11.8 Å². The SMILES string of the molecule is Cc1cc(C)cc(-c2nn(CN3CCC(C(=O)NCc4ccccc4)CC3)c(=S)o2)c1. The molecule has 1 fully saturated rings. The molecule has 0 bridgehead atoms. The van der Waals surface area contributed by atoms with Crippen LogP contribution in [-0.2, 0) is 18.0 Å². The van der Waals surface area contributed by atoms with Crippen LogP contribution in [0.1, 0.15) is 29.5 Å². The van der Waals surface area contributed by atoms with Crippen molar-refractivity contribution in [1.29, 1.82) is 0 Å². The third kappa shape index (κ3) is 5.48. The lowest BCUT2D eigenvalue weighted by atomic mass is 9.96. The zero-order valence-corrected chi connectivity index (χ0v) is 18.8. The predicted octanol–water partition coefficient (Wildman–Crippen LogP) is 4.48. The molecule has 0 unspecified atom stereocenters. The smallest absolute Gasteiger partial charge is 0.288 e. The van der Waals surface area contributed by atoms with Gasteiger partial charge in [0.2, 0.25) is 11.8 Å². The number of benzene rings is 2. The van der Waals surface area contributed by atoms with Gasteiger partial charge in [-0.05, 0) is 56.6 Å². The summed E-state index contributed by atoms with van der Waals surface area (Å²) >= 11 is 5.40. The second-order valence-corrected chi connectivity index (χ2v) is 8.64. The number of hydrogen-bond acceptors (Lipinski definition) is 5. The van der Waals surface area contributed by atoms with Crippen molar-refractivity contribution >= 4 is 18.1 Å². The van der Waals surface area contributed by atoms with Crippen molar-refractivity contribution < 1.29 is 9.21 Å². The molecule has 0 aliphatic carbocycles. The molecule has 31 heavy (non-hydrogen) atoms. The average molecular weight is 437 g/mol. The number of likely N-dealkylation sites (tertiary alicyclic amines) is 1. The molecule has 6 nitrogen and oxygen atoms in total. The first kappa shape index (κ1) is 21.5. The van der Waals surface area contributed by atoms with Gasteiger partial charge in [-0.15, -0.1) is 5.10 Å². The Labute approximate surface area is 187 Å². The van der Waals surface area contributed by atoms with Crippen molar-refractivity contribution in [1.82, 2.24) is 20.0 Å². The Balaban J connectivity index is 1.31. The number of nitrogens with zero attached hydrogens (tertiary/aromatic N) is 3. The lowest BCUT2D eigenvalue weighted by Gasteiger charge is -2.30. The van der Waals surface area contributed by atoms with E-state index < -0.39 is 0 Å². The van der Waals surface area contributed by atoms with Crippen LogP contribution in [0, 0.1) is 24.6 Å². The van der Waals surface area contributed by atoms with Crippen LogP contribution in [0.25, 0.3) is 11.5 Å². The van der Waals surface area contributed by atoms with Crippen LogP contribution in [0.2, 0.25) is 0 Å². The first-order valence-corrected chi connectivity index (χ1v) is 11.1. The van der Waals surface area contributed by atoms with Crippen molar-refractivity contribution in [2.75, 3.05) is 13.1 Å². The zero-order chi connectivity index (χ0) is 21.8. The molecule has 1 N–H and O–H groups in total. The van der Waals surface area contributed by atoms with Gasteiger partial charge in [-0.3, -0.25) is 9.69 Å². The van der Waals surface area contributed by atoms with Crippen LogP contribution in [0.15, 0.2) is 52.9 Å². The molecular formula is C24H28N4O2S. The number of hydrogen-bond donors (Lipinski definition) is 1. The molecule has 0 spiro atoms. The lowest BCUT2D eigenvalue weighted by molar-refractivity contribution is -0.126. The monoisotopic (exact) mass is 436 g/mol. The number of carbonyl (C=O) groups excluding carboxylic acids is 1. The van der Waals surface area contributed by atoms with E-state index in [2.05, 4.69) is 47.4 Å². The topological polar surface area (TPSA) is 63.3 Å². The maximum atomic E-state index is 12.5. The summed E-state index contributed by atoms with van der Waals surface area (Å²) in [6.45, 7) is 6.93. The molecule has 7 heteroatoms. The van der Waals surface area contributed by atoms with Gasteiger partial charge in [0.15, 0.2) is 0 Å². The largest absolute Gasteiger partial charge is 0.409 e. The van der Waals surface area contributed by atoms with Gasteiger partial charge in [-0.1, -0.05) is 47.5 Å². The zero-order valence-electron chi connectivity index (χ0n) is 18.0. The Kier molecular flexibility index (Phi) is 6.63. The minimum absolute atomic E-state index is 0.0519. The highest BCUT2D eigenvalue weighted by Crippen LogP contribution is 2.22. The van der Waals surface area contributed by atoms with Gasteiger partial charge in [-0.2, -0.15) is 0 Å². The van der Waals surface area contributed by atoms with Crippen molar-refractivity contribution in [2.24, 2.45) is 5.92 Å². The lowest BCUT2D eigenvalue weighted by Crippen LogP contribution is -2.41. The molecule has 0 saturated carbocycles. The molecule has 2 aromatic carbocycles. The first-order valence-electron chi connectivity index (χ1n) is 10.7. The summed E-state index contributed by atoms with van der Waals surface area (Å²) in [6, 6.07) is 16.2. The number of piperidine rings is 1. The molecule has 1 aromatic heterocycles.